The predicted molar refractivity (Wildman–Crippen MR) is 74.7 cm³/mol. The summed E-state index contributed by atoms with van der Waals surface area (Å²) in [5.74, 6) is -1.86. The van der Waals surface area contributed by atoms with Crippen LogP contribution in [0.25, 0.3) is 0 Å². The van der Waals surface area contributed by atoms with Crippen molar-refractivity contribution in [3.8, 4) is 0 Å². The monoisotopic (exact) mass is 305 g/mol. The molecular weight excluding hydrogens is 286 g/mol. The molecule has 0 aromatic carbocycles. The molecule has 1 unspecified atom stereocenters. The van der Waals surface area contributed by atoms with Gasteiger partial charge < -0.3 is 15.2 Å². The maximum Gasteiger partial charge on any atom is 0.341 e. The lowest BCUT2D eigenvalue weighted by Crippen LogP contribution is -2.52. The van der Waals surface area contributed by atoms with E-state index in [1.165, 1.54) is 0 Å². The molecule has 1 aliphatic heterocycles. The highest BCUT2D eigenvalue weighted by molar-refractivity contribution is 7.82. The molecule has 20 heavy (non-hydrogen) atoms. The van der Waals surface area contributed by atoms with Gasteiger partial charge in [0.05, 0.1) is 13.2 Å². The molecule has 0 aromatic rings. The number of rotatable bonds is 8. The molecule has 0 spiro atoms. The van der Waals surface area contributed by atoms with Crippen LogP contribution in [-0.4, -0.2) is 66.1 Å². The van der Waals surface area contributed by atoms with Gasteiger partial charge in [0.15, 0.2) is 0 Å². The zero-order chi connectivity index (χ0) is 15.0. The van der Waals surface area contributed by atoms with E-state index < -0.39 is 23.3 Å². The van der Waals surface area contributed by atoms with E-state index >= 15 is 0 Å². The van der Waals surface area contributed by atoms with Gasteiger partial charge in [-0.15, -0.1) is 12.6 Å². The normalized spacial score (nSPS) is 19.1. The molecular formula is C11H19N3O5S. The van der Waals surface area contributed by atoms with Crippen LogP contribution >= 0.6 is 12.6 Å². The Balaban J connectivity index is 2.30. The van der Waals surface area contributed by atoms with Crippen molar-refractivity contribution in [1.82, 2.24) is 10.2 Å². The van der Waals surface area contributed by atoms with Gasteiger partial charge in [-0.3, -0.25) is 9.69 Å². The molecule has 2 N–H and O–H groups in total. The second-order valence-electron chi connectivity index (χ2n) is 4.56. The fourth-order valence-electron chi connectivity index (χ4n) is 1.84. The van der Waals surface area contributed by atoms with Gasteiger partial charge >= 0.3 is 5.97 Å². The van der Waals surface area contributed by atoms with E-state index in [9.17, 15) is 14.5 Å². The molecule has 1 heterocycles. The van der Waals surface area contributed by atoms with Crippen molar-refractivity contribution in [3.05, 3.63) is 4.91 Å². The molecule has 8 nitrogen and oxygen atoms in total. The number of morpholine rings is 1. The van der Waals surface area contributed by atoms with E-state index in [1.807, 2.05) is 0 Å². The Kier molecular flexibility index (Phi) is 6.89. The summed E-state index contributed by atoms with van der Waals surface area (Å²) >= 11 is 3.80. The van der Waals surface area contributed by atoms with Crippen molar-refractivity contribution in [3.63, 3.8) is 0 Å². The number of hydrogen-bond acceptors (Lipinski definition) is 7. The predicted octanol–water partition coefficient (Wildman–Crippen LogP) is -0.308. The summed E-state index contributed by atoms with van der Waals surface area (Å²) in [6.45, 7) is 3.17. The summed E-state index contributed by atoms with van der Waals surface area (Å²) in [6.07, 6.45) is 0.773. The lowest BCUT2D eigenvalue weighted by molar-refractivity contribution is -0.142. The number of ether oxygens (including phenoxy) is 1. The van der Waals surface area contributed by atoms with Crippen molar-refractivity contribution in [2.24, 2.45) is 5.18 Å². The topological polar surface area (TPSA) is 108 Å². The number of hydrogen-bond donors (Lipinski definition) is 3. The molecule has 1 amide bonds. The fraction of sp³-hybridized carbons (Fsp3) is 0.818. The molecule has 0 aromatic heterocycles. The summed E-state index contributed by atoms with van der Waals surface area (Å²) in [6, 6.07) is 0. The van der Waals surface area contributed by atoms with Crippen LogP contribution in [-0.2, 0) is 14.3 Å². The first kappa shape index (κ1) is 16.9. The van der Waals surface area contributed by atoms with Crippen LogP contribution in [0.2, 0.25) is 0 Å². The number of aliphatic carboxylic acids is 1. The molecule has 9 heteroatoms. The summed E-state index contributed by atoms with van der Waals surface area (Å²) in [7, 11) is 0. The lowest BCUT2D eigenvalue weighted by Gasteiger charge is -2.26. The Labute approximate surface area is 122 Å². The number of nitrogens with one attached hydrogen (secondary N) is 1. The number of nitrogens with zero attached hydrogens (tertiary/aromatic N) is 2. The van der Waals surface area contributed by atoms with Crippen LogP contribution < -0.4 is 5.32 Å². The van der Waals surface area contributed by atoms with Crippen molar-refractivity contribution in [2.45, 2.75) is 17.7 Å². The first-order chi connectivity index (χ1) is 9.48. The Morgan fingerprint density at radius 2 is 2.05 bits per heavy atom. The number of carbonyl (C=O) groups excluding carboxylic acids is 1. The van der Waals surface area contributed by atoms with E-state index in [0.29, 0.717) is 19.6 Å². The smallest absolute Gasteiger partial charge is 0.341 e. The van der Waals surface area contributed by atoms with E-state index in [1.54, 1.807) is 0 Å². The summed E-state index contributed by atoms with van der Waals surface area (Å²) in [4.78, 5) is 33.1. The second-order valence-corrected chi connectivity index (χ2v) is 5.32. The highest BCUT2D eigenvalue weighted by Gasteiger charge is 2.36. The zero-order valence-electron chi connectivity index (χ0n) is 11.1. The second kappa shape index (κ2) is 8.18. The number of carboxylic acid groups (broad SMARTS) is 1. The summed E-state index contributed by atoms with van der Waals surface area (Å²) in [5, 5.41) is 13.6. The molecule has 1 fully saturated rings. The molecule has 1 saturated heterocycles. The van der Waals surface area contributed by atoms with Gasteiger partial charge in [-0.05, 0) is 13.0 Å². The Hall–Kier alpha value is -1.19. The number of amides is 1. The van der Waals surface area contributed by atoms with Gasteiger partial charge in [-0.25, -0.2) is 4.79 Å². The van der Waals surface area contributed by atoms with Gasteiger partial charge in [0.25, 0.3) is 0 Å². The first-order valence-corrected chi connectivity index (χ1v) is 6.78. The molecule has 1 rings (SSSR count). The molecule has 0 bridgehead atoms. The van der Waals surface area contributed by atoms with E-state index in [-0.39, 0.29) is 6.42 Å². The van der Waals surface area contributed by atoms with Gasteiger partial charge in [0, 0.05) is 19.5 Å². The third-order valence-electron chi connectivity index (χ3n) is 2.98. The molecule has 1 aliphatic rings. The summed E-state index contributed by atoms with van der Waals surface area (Å²) in [5.41, 5.74) is 0. The van der Waals surface area contributed by atoms with Crippen LogP contribution in [0, 0.1) is 4.91 Å². The van der Waals surface area contributed by atoms with Crippen molar-refractivity contribution in [2.75, 3.05) is 39.4 Å². The Bertz CT molecular complexity index is 362. The zero-order valence-corrected chi connectivity index (χ0v) is 12.0. The third kappa shape index (κ3) is 5.43. The van der Waals surface area contributed by atoms with Crippen molar-refractivity contribution >= 4 is 24.5 Å². The van der Waals surface area contributed by atoms with E-state index in [0.717, 1.165) is 19.6 Å². The highest BCUT2D eigenvalue weighted by Crippen LogP contribution is 2.12. The molecule has 0 saturated carbocycles. The van der Waals surface area contributed by atoms with Crippen molar-refractivity contribution in [1.29, 1.82) is 0 Å². The SMILES string of the molecule is O=NCC(S)(NC(=O)CCCN1CCOCC1)C(=O)O. The molecule has 114 valence electrons. The molecule has 1 atom stereocenters. The standard InChI is InChI=1S/C11H19N3O5S/c15-9(13-11(20,8-12-18)10(16)17)2-1-3-14-4-6-19-7-5-14/h20H,1-8H2,(H,13,15)(H,16,17). The summed E-state index contributed by atoms with van der Waals surface area (Å²) < 4.78 is 5.21. The highest BCUT2D eigenvalue weighted by atomic mass is 32.1. The van der Waals surface area contributed by atoms with Gasteiger partial charge in [0.2, 0.25) is 10.8 Å². The number of thiol groups is 1. The maximum atomic E-state index is 11.7. The number of carboxylic acids is 1. The largest absolute Gasteiger partial charge is 0.479 e. The number of nitroso groups, excluding NO2 is 1. The van der Waals surface area contributed by atoms with Crippen LogP contribution in [0.4, 0.5) is 0 Å². The molecule has 0 aliphatic carbocycles. The minimum Gasteiger partial charge on any atom is -0.479 e. The Morgan fingerprint density at radius 1 is 1.40 bits per heavy atom. The lowest BCUT2D eigenvalue weighted by atomic mass is 10.2. The minimum atomic E-state index is -1.93. The number of carbonyl (C=O) groups is 2. The van der Waals surface area contributed by atoms with Crippen LogP contribution in [0.1, 0.15) is 12.8 Å². The van der Waals surface area contributed by atoms with Crippen molar-refractivity contribution < 1.29 is 19.4 Å². The first-order valence-electron chi connectivity index (χ1n) is 6.34. The molecule has 0 radical (unpaired) electrons. The van der Waals surface area contributed by atoms with Gasteiger partial charge in [-0.2, -0.15) is 4.91 Å². The average molecular weight is 305 g/mol. The minimum absolute atomic E-state index is 0.172. The van der Waals surface area contributed by atoms with Crippen LogP contribution in [0.5, 0.6) is 0 Å². The van der Waals surface area contributed by atoms with Gasteiger partial charge in [-0.1, -0.05) is 5.18 Å². The van der Waals surface area contributed by atoms with Crippen LogP contribution in [0.15, 0.2) is 5.18 Å². The fourth-order valence-corrected chi connectivity index (χ4v) is 2.02. The van der Waals surface area contributed by atoms with Gasteiger partial charge in [0.1, 0.15) is 6.54 Å². The third-order valence-corrected chi connectivity index (χ3v) is 3.42. The van der Waals surface area contributed by atoms with Crippen LogP contribution in [0.3, 0.4) is 0 Å². The quantitative estimate of drug-likeness (QED) is 0.322. The average Bonchev–Trinajstić information content (AvgIpc) is 2.40. The maximum absolute atomic E-state index is 11.7. The Morgan fingerprint density at radius 3 is 2.60 bits per heavy atom. The van der Waals surface area contributed by atoms with E-state index in [4.69, 9.17) is 9.84 Å². The van der Waals surface area contributed by atoms with E-state index in [2.05, 4.69) is 28.0 Å².